The van der Waals surface area contributed by atoms with Gasteiger partial charge in [-0.05, 0) is 55.8 Å². The van der Waals surface area contributed by atoms with Gasteiger partial charge in [-0.25, -0.2) is 4.99 Å². The Morgan fingerprint density at radius 3 is 2.36 bits per heavy atom. The van der Waals surface area contributed by atoms with Gasteiger partial charge in [0.15, 0.2) is 0 Å². The topological polar surface area (TPSA) is 32.7 Å². The summed E-state index contributed by atoms with van der Waals surface area (Å²) in [4.78, 5) is 19.7. The first-order valence-electron chi connectivity index (χ1n) is 9.05. The van der Waals surface area contributed by atoms with Crippen molar-refractivity contribution in [3.63, 3.8) is 0 Å². The maximum atomic E-state index is 13.3. The van der Waals surface area contributed by atoms with Crippen molar-refractivity contribution in [2.75, 3.05) is 4.90 Å². The number of amidine groups is 1. The highest BCUT2D eigenvalue weighted by Crippen LogP contribution is 2.28. The fourth-order valence-electron chi connectivity index (χ4n) is 3.18. The number of halogens is 1. The van der Waals surface area contributed by atoms with Gasteiger partial charge in [-0.3, -0.25) is 9.69 Å². The summed E-state index contributed by atoms with van der Waals surface area (Å²) in [6.07, 6.45) is 1.83. The van der Waals surface area contributed by atoms with Crippen molar-refractivity contribution in [3.8, 4) is 0 Å². The molecule has 0 N–H and O–H groups in total. The quantitative estimate of drug-likeness (QED) is 0.476. The van der Waals surface area contributed by atoms with Crippen molar-refractivity contribution < 1.29 is 4.79 Å². The molecule has 0 aliphatic carbocycles. The molecule has 0 atom stereocenters. The monoisotopic (exact) mass is 430 g/mol. The van der Waals surface area contributed by atoms with E-state index in [9.17, 15) is 4.79 Å². The van der Waals surface area contributed by atoms with Crippen molar-refractivity contribution in [2.24, 2.45) is 4.99 Å². The first-order valence-corrected chi connectivity index (χ1v) is 9.85. The highest BCUT2D eigenvalue weighted by atomic mass is 79.9. The molecule has 1 aliphatic heterocycles. The maximum Gasteiger partial charge on any atom is 0.282 e. The molecule has 3 nitrogen and oxygen atoms in total. The Hall–Kier alpha value is -2.98. The average molecular weight is 431 g/mol. The summed E-state index contributed by atoms with van der Waals surface area (Å²) in [5, 5.41) is 0. The third kappa shape index (κ3) is 3.69. The number of carbonyl (C=O) groups excluding carboxylic acids is 1. The second-order valence-electron chi connectivity index (χ2n) is 6.87. The van der Waals surface area contributed by atoms with Crippen LogP contribution in [0.25, 0.3) is 6.08 Å². The van der Waals surface area contributed by atoms with Crippen molar-refractivity contribution in [2.45, 2.75) is 13.8 Å². The number of hydrogen-bond acceptors (Lipinski definition) is 2. The van der Waals surface area contributed by atoms with Gasteiger partial charge in [-0.15, -0.1) is 0 Å². The maximum absolute atomic E-state index is 13.3. The van der Waals surface area contributed by atoms with Gasteiger partial charge >= 0.3 is 0 Å². The van der Waals surface area contributed by atoms with E-state index in [1.54, 1.807) is 4.90 Å². The molecule has 0 spiro atoms. The first kappa shape index (κ1) is 18.4. The SMILES string of the molecule is Cc1ccc(N2C(=O)/C(=C\c3cccc(Br)c3)N=C2c2cccc(C)c2)cc1. The lowest BCUT2D eigenvalue weighted by Gasteiger charge is -2.19. The van der Waals surface area contributed by atoms with Gasteiger partial charge < -0.3 is 0 Å². The number of hydrogen-bond donors (Lipinski definition) is 0. The van der Waals surface area contributed by atoms with E-state index in [4.69, 9.17) is 4.99 Å². The number of carbonyl (C=O) groups is 1. The molecule has 138 valence electrons. The standard InChI is InChI=1S/C24H19BrN2O/c1-16-9-11-21(12-10-16)27-23(19-7-3-5-17(2)13-19)26-22(24(27)28)15-18-6-4-8-20(25)14-18/h3-15H,1-2H3/b22-15+. The van der Waals surface area contributed by atoms with Crippen LogP contribution in [0, 0.1) is 13.8 Å². The van der Waals surface area contributed by atoms with E-state index >= 15 is 0 Å². The fourth-order valence-corrected chi connectivity index (χ4v) is 3.60. The first-order chi connectivity index (χ1) is 13.5. The Kier molecular flexibility index (Phi) is 4.97. The third-order valence-corrected chi connectivity index (χ3v) is 5.07. The smallest absolute Gasteiger partial charge is 0.266 e. The molecule has 0 aromatic heterocycles. The van der Waals surface area contributed by atoms with E-state index in [1.165, 1.54) is 0 Å². The van der Waals surface area contributed by atoms with Crippen molar-refractivity contribution in [1.82, 2.24) is 0 Å². The predicted octanol–water partition coefficient (Wildman–Crippen LogP) is 5.90. The molecule has 3 aromatic carbocycles. The van der Waals surface area contributed by atoms with Crippen LogP contribution in [0.15, 0.2) is 88.0 Å². The van der Waals surface area contributed by atoms with Crippen LogP contribution in [0.5, 0.6) is 0 Å². The molecule has 1 heterocycles. The molecule has 0 radical (unpaired) electrons. The second kappa shape index (κ2) is 7.56. The molecule has 1 aliphatic rings. The minimum Gasteiger partial charge on any atom is -0.266 e. The Bertz CT molecular complexity index is 1110. The molecule has 4 rings (SSSR count). The lowest BCUT2D eigenvalue weighted by molar-refractivity contribution is -0.113. The molecule has 4 heteroatoms. The molecule has 3 aromatic rings. The summed E-state index contributed by atoms with van der Waals surface area (Å²) < 4.78 is 0.963. The number of aliphatic imine (C=N–C) groups is 1. The number of nitrogens with zero attached hydrogens (tertiary/aromatic N) is 2. The minimum atomic E-state index is -0.125. The zero-order chi connectivity index (χ0) is 19.7. The van der Waals surface area contributed by atoms with Crippen molar-refractivity contribution in [3.05, 3.63) is 105 Å². The largest absolute Gasteiger partial charge is 0.282 e. The number of anilines is 1. The number of amides is 1. The molecule has 0 bridgehead atoms. The minimum absolute atomic E-state index is 0.125. The highest BCUT2D eigenvalue weighted by Gasteiger charge is 2.32. The molecule has 28 heavy (non-hydrogen) atoms. The summed E-state index contributed by atoms with van der Waals surface area (Å²) >= 11 is 3.48. The van der Waals surface area contributed by atoms with Crippen LogP contribution in [0.4, 0.5) is 5.69 Å². The fraction of sp³-hybridized carbons (Fsp3) is 0.0833. The van der Waals surface area contributed by atoms with E-state index in [-0.39, 0.29) is 5.91 Å². The number of rotatable bonds is 3. The predicted molar refractivity (Wildman–Crippen MR) is 119 cm³/mol. The van der Waals surface area contributed by atoms with Crippen LogP contribution in [0.3, 0.4) is 0 Å². The Balaban J connectivity index is 1.84. The van der Waals surface area contributed by atoms with Gasteiger partial charge in [0.25, 0.3) is 5.91 Å². The average Bonchev–Trinajstić information content (AvgIpc) is 2.99. The molecule has 0 fully saturated rings. The van der Waals surface area contributed by atoms with Gasteiger partial charge in [-0.2, -0.15) is 0 Å². The Labute approximate surface area is 173 Å². The van der Waals surface area contributed by atoms with Gasteiger partial charge in [0.05, 0.1) is 5.69 Å². The van der Waals surface area contributed by atoms with E-state index in [2.05, 4.69) is 22.0 Å². The molecular weight excluding hydrogens is 412 g/mol. The zero-order valence-electron chi connectivity index (χ0n) is 15.7. The van der Waals surface area contributed by atoms with Gasteiger partial charge in [0.1, 0.15) is 11.5 Å². The Morgan fingerprint density at radius 2 is 1.64 bits per heavy atom. The van der Waals surface area contributed by atoms with Crippen LogP contribution < -0.4 is 4.90 Å². The van der Waals surface area contributed by atoms with Crippen LogP contribution in [0.1, 0.15) is 22.3 Å². The van der Waals surface area contributed by atoms with Gasteiger partial charge in [0.2, 0.25) is 0 Å². The summed E-state index contributed by atoms with van der Waals surface area (Å²) in [5.41, 5.74) is 5.36. The van der Waals surface area contributed by atoms with E-state index in [0.717, 1.165) is 32.4 Å². The van der Waals surface area contributed by atoms with Crippen LogP contribution in [0.2, 0.25) is 0 Å². The summed E-state index contributed by atoms with van der Waals surface area (Å²) in [7, 11) is 0. The van der Waals surface area contributed by atoms with Gasteiger partial charge in [0, 0.05) is 10.0 Å². The van der Waals surface area contributed by atoms with E-state index in [1.807, 2.05) is 86.7 Å². The molecular formula is C24H19BrN2O. The van der Waals surface area contributed by atoms with Crippen molar-refractivity contribution >= 4 is 39.4 Å². The van der Waals surface area contributed by atoms with E-state index in [0.29, 0.717) is 11.5 Å². The third-order valence-electron chi connectivity index (χ3n) is 4.58. The zero-order valence-corrected chi connectivity index (χ0v) is 17.3. The van der Waals surface area contributed by atoms with Crippen molar-refractivity contribution in [1.29, 1.82) is 0 Å². The number of benzene rings is 3. The summed E-state index contributed by atoms with van der Waals surface area (Å²) in [6, 6.07) is 23.8. The van der Waals surface area contributed by atoms with Gasteiger partial charge in [-0.1, -0.05) is 69.5 Å². The van der Waals surface area contributed by atoms with Crippen LogP contribution in [-0.4, -0.2) is 11.7 Å². The summed E-state index contributed by atoms with van der Waals surface area (Å²) in [6.45, 7) is 4.07. The lowest BCUT2D eigenvalue weighted by atomic mass is 10.1. The Morgan fingerprint density at radius 1 is 0.893 bits per heavy atom. The normalized spacial score (nSPS) is 15.2. The molecule has 1 amide bonds. The van der Waals surface area contributed by atoms with Crippen LogP contribution in [-0.2, 0) is 4.79 Å². The molecule has 0 saturated carbocycles. The second-order valence-corrected chi connectivity index (χ2v) is 7.78. The van der Waals surface area contributed by atoms with Crippen LogP contribution >= 0.6 is 15.9 Å². The summed E-state index contributed by atoms with van der Waals surface area (Å²) in [5.74, 6) is 0.527. The molecule has 0 saturated heterocycles. The highest BCUT2D eigenvalue weighted by molar-refractivity contribution is 9.10. The number of aryl methyl sites for hydroxylation is 2. The van der Waals surface area contributed by atoms with E-state index < -0.39 is 0 Å². The molecule has 0 unspecified atom stereocenters. The lowest BCUT2D eigenvalue weighted by Crippen LogP contribution is -2.32.